The second-order valence-electron chi connectivity index (χ2n) is 3.78. The van der Waals surface area contributed by atoms with Gasteiger partial charge >= 0.3 is 6.09 Å². The van der Waals surface area contributed by atoms with E-state index in [1.165, 1.54) is 0 Å². The van der Waals surface area contributed by atoms with Crippen LogP contribution in [0.4, 0.5) is 4.79 Å². The standard InChI is InChI=1S/C8H18BNO2/c1-8(2,3)12-7(11)10-6-4-5-9/h4-6,9H2,1-3H3,(H,10,11). The summed E-state index contributed by atoms with van der Waals surface area (Å²) in [6.45, 7) is 6.26. The van der Waals surface area contributed by atoms with E-state index in [9.17, 15) is 4.79 Å². The Morgan fingerprint density at radius 2 is 2.08 bits per heavy atom. The molecule has 0 fully saturated rings. The molecule has 0 radical (unpaired) electrons. The number of amides is 1. The van der Waals surface area contributed by atoms with Crippen LogP contribution in [-0.2, 0) is 4.74 Å². The quantitative estimate of drug-likeness (QED) is 0.507. The van der Waals surface area contributed by atoms with Gasteiger partial charge in [-0.2, -0.15) is 0 Å². The molecule has 0 spiro atoms. The van der Waals surface area contributed by atoms with Crippen LogP contribution in [0.25, 0.3) is 0 Å². The lowest BCUT2D eigenvalue weighted by molar-refractivity contribution is 0.0528. The number of ether oxygens (including phenoxy) is 1. The molecule has 70 valence electrons. The topological polar surface area (TPSA) is 38.3 Å². The first-order chi connectivity index (χ1) is 5.45. The zero-order valence-corrected chi connectivity index (χ0v) is 8.44. The van der Waals surface area contributed by atoms with E-state index in [-0.39, 0.29) is 6.09 Å². The van der Waals surface area contributed by atoms with Crippen LogP contribution >= 0.6 is 0 Å². The summed E-state index contributed by atoms with van der Waals surface area (Å²) < 4.78 is 5.03. The van der Waals surface area contributed by atoms with Crippen LogP contribution in [0.5, 0.6) is 0 Å². The molecule has 0 rings (SSSR count). The number of nitrogens with one attached hydrogen (secondary N) is 1. The van der Waals surface area contributed by atoms with Crippen molar-refractivity contribution in [1.82, 2.24) is 5.32 Å². The van der Waals surface area contributed by atoms with Crippen molar-refractivity contribution in [2.45, 2.75) is 39.1 Å². The number of alkyl carbamates (subject to hydrolysis) is 1. The Morgan fingerprint density at radius 1 is 1.50 bits per heavy atom. The van der Waals surface area contributed by atoms with Crippen LogP contribution in [0, 0.1) is 0 Å². The summed E-state index contributed by atoms with van der Waals surface area (Å²) in [6, 6.07) is 0. The number of carbonyl (C=O) groups is 1. The molecule has 0 bridgehead atoms. The third-order valence-corrected chi connectivity index (χ3v) is 1.20. The summed E-state index contributed by atoms with van der Waals surface area (Å²) in [7, 11) is 2.08. The number of rotatable bonds is 3. The molecule has 1 N–H and O–H groups in total. The lowest BCUT2D eigenvalue weighted by Crippen LogP contribution is -2.32. The largest absolute Gasteiger partial charge is 0.444 e. The predicted molar refractivity (Wildman–Crippen MR) is 52.2 cm³/mol. The Morgan fingerprint density at radius 3 is 2.50 bits per heavy atom. The molecule has 0 aliphatic carbocycles. The highest BCUT2D eigenvalue weighted by Gasteiger charge is 2.14. The second kappa shape index (κ2) is 5.06. The molecule has 0 saturated heterocycles. The average molecular weight is 171 g/mol. The minimum atomic E-state index is -0.393. The summed E-state index contributed by atoms with van der Waals surface area (Å²) in [6.07, 6.45) is 1.76. The molecule has 0 saturated carbocycles. The molecule has 4 heteroatoms. The van der Waals surface area contributed by atoms with Crippen LogP contribution in [0.1, 0.15) is 27.2 Å². The molecule has 12 heavy (non-hydrogen) atoms. The van der Waals surface area contributed by atoms with Crippen molar-refractivity contribution in [3.63, 3.8) is 0 Å². The van der Waals surface area contributed by atoms with Gasteiger partial charge in [0, 0.05) is 6.54 Å². The third kappa shape index (κ3) is 7.44. The summed E-state index contributed by atoms with van der Waals surface area (Å²) in [5.74, 6) is 0. The van der Waals surface area contributed by atoms with Gasteiger partial charge in [0.05, 0.1) is 0 Å². The zero-order valence-electron chi connectivity index (χ0n) is 8.44. The molecular weight excluding hydrogens is 153 g/mol. The van der Waals surface area contributed by atoms with Crippen LogP contribution in [-0.4, -0.2) is 26.1 Å². The maximum atomic E-state index is 11.0. The van der Waals surface area contributed by atoms with E-state index in [4.69, 9.17) is 4.74 Å². The van der Waals surface area contributed by atoms with Crippen LogP contribution < -0.4 is 5.32 Å². The van der Waals surface area contributed by atoms with E-state index in [2.05, 4.69) is 13.2 Å². The van der Waals surface area contributed by atoms with E-state index >= 15 is 0 Å². The highest BCUT2D eigenvalue weighted by atomic mass is 16.6. The highest BCUT2D eigenvalue weighted by Crippen LogP contribution is 2.06. The van der Waals surface area contributed by atoms with Crippen molar-refractivity contribution in [2.75, 3.05) is 6.54 Å². The van der Waals surface area contributed by atoms with E-state index in [1.54, 1.807) is 0 Å². The molecule has 3 nitrogen and oxygen atoms in total. The lowest BCUT2D eigenvalue weighted by atomic mass is 10.0. The van der Waals surface area contributed by atoms with Gasteiger partial charge in [-0.3, -0.25) is 0 Å². The molecule has 0 unspecified atom stereocenters. The first-order valence-corrected chi connectivity index (χ1v) is 4.42. The van der Waals surface area contributed by atoms with Crippen molar-refractivity contribution in [3.05, 3.63) is 0 Å². The van der Waals surface area contributed by atoms with Gasteiger partial charge in [0.25, 0.3) is 0 Å². The van der Waals surface area contributed by atoms with Gasteiger partial charge in [0.1, 0.15) is 13.4 Å². The number of carbonyl (C=O) groups excluding carboxylic acids is 1. The molecular formula is C8H18BNO2. The van der Waals surface area contributed by atoms with Crippen molar-refractivity contribution < 1.29 is 9.53 Å². The fraction of sp³-hybridized carbons (Fsp3) is 0.875. The molecule has 0 atom stereocenters. The van der Waals surface area contributed by atoms with Gasteiger partial charge in [-0.1, -0.05) is 6.32 Å². The first kappa shape index (κ1) is 11.3. The van der Waals surface area contributed by atoms with Crippen LogP contribution in [0.2, 0.25) is 6.32 Å². The Balaban J connectivity index is 3.47. The Hall–Kier alpha value is -0.665. The Labute approximate surface area is 75.3 Å². The molecule has 0 aromatic heterocycles. The van der Waals surface area contributed by atoms with Crippen molar-refractivity contribution in [3.8, 4) is 0 Å². The van der Waals surface area contributed by atoms with E-state index in [1.807, 2.05) is 20.8 Å². The SMILES string of the molecule is BCCCNC(=O)OC(C)(C)C. The minimum Gasteiger partial charge on any atom is -0.444 e. The van der Waals surface area contributed by atoms with Crippen LogP contribution in [0.15, 0.2) is 0 Å². The minimum absolute atomic E-state index is 0.323. The fourth-order valence-corrected chi connectivity index (χ4v) is 0.681. The maximum Gasteiger partial charge on any atom is 0.407 e. The van der Waals surface area contributed by atoms with Gasteiger partial charge in [-0.25, -0.2) is 4.79 Å². The van der Waals surface area contributed by atoms with Gasteiger partial charge < -0.3 is 10.1 Å². The van der Waals surface area contributed by atoms with E-state index in [0.29, 0.717) is 6.54 Å². The smallest absolute Gasteiger partial charge is 0.407 e. The Bertz CT molecular complexity index is 142. The van der Waals surface area contributed by atoms with Gasteiger partial charge in [0.15, 0.2) is 0 Å². The van der Waals surface area contributed by atoms with Crippen molar-refractivity contribution in [2.24, 2.45) is 0 Å². The predicted octanol–water partition coefficient (Wildman–Crippen LogP) is 0.953. The molecule has 0 aliphatic heterocycles. The molecule has 0 aromatic rings. The molecule has 0 aromatic carbocycles. The Kier molecular flexibility index (Phi) is 4.78. The summed E-state index contributed by atoms with van der Waals surface area (Å²) in [4.78, 5) is 11.0. The first-order valence-electron chi connectivity index (χ1n) is 4.42. The van der Waals surface area contributed by atoms with Gasteiger partial charge in [-0.05, 0) is 27.2 Å². The number of hydrogen-bond donors (Lipinski definition) is 1. The molecule has 1 amide bonds. The second-order valence-corrected chi connectivity index (χ2v) is 3.78. The molecule has 0 aliphatic rings. The third-order valence-electron chi connectivity index (χ3n) is 1.20. The highest BCUT2D eigenvalue weighted by molar-refractivity contribution is 6.08. The summed E-state index contributed by atoms with van der Waals surface area (Å²) >= 11 is 0. The van der Waals surface area contributed by atoms with Crippen LogP contribution in [0.3, 0.4) is 0 Å². The van der Waals surface area contributed by atoms with E-state index in [0.717, 1.165) is 12.7 Å². The average Bonchev–Trinajstić information content (AvgIpc) is 1.84. The lowest BCUT2D eigenvalue weighted by Gasteiger charge is -2.19. The fourth-order valence-electron chi connectivity index (χ4n) is 0.681. The van der Waals surface area contributed by atoms with Crippen molar-refractivity contribution >= 4 is 13.9 Å². The molecule has 0 heterocycles. The maximum absolute atomic E-state index is 11.0. The monoisotopic (exact) mass is 171 g/mol. The summed E-state index contributed by atoms with van der Waals surface area (Å²) in [5, 5.41) is 2.68. The van der Waals surface area contributed by atoms with Gasteiger partial charge in [-0.15, -0.1) is 0 Å². The van der Waals surface area contributed by atoms with E-state index < -0.39 is 5.60 Å². The zero-order chi connectivity index (χ0) is 9.61. The van der Waals surface area contributed by atoms with Gasteiger partial charge in [0.2, 0.25) is 0 Å². The number of hydrogen-bond acceptors (Lipinski definition) is 2. The van der Waals surface area contributed by atoms with Crippen molar-refractivity contribution in [1.29, 1.82) is 0 Å². The normalized spacial score (nSPS) is 10.9. The summed E-state index contributed by atoms with van der Waals surface area (Å²) in [5.41, 5.74) is -0.393.